The molecule has 1 aromatic heterocycles. The summed E-state index contributed by atoms with van der Waals surface area (Å²) in [5.41, 5.74) is 6.69. The first-order valence-corrected chi connectivity index (χ1v) is 7.49. The predicted molar refractivity (Wildman–Crippen MR) is 78.7 cm³/mol. The van der Waals surface area contributed by atoms with E-state index in [4.69, 9.17) is 5.73 Å². The van der Waals surface area contributed by atoms with Gasteiger partial charge in [-0.15, -0.1) is 0 Å². The molecule has 1 aliphatic carbocycles. The third-order valence-corrected chi connectivity index (χ3v) is 4.16. The highest BCUT2D eigenvalue weighted by Crippen LogP contribution is 2.31. The molecule has 5 nitrogen and oxygen atoms in total. The Morgan fingerprint density at radius 3 is 2.90 bits per heavy atom. The third-order valence-electron chi connectivity index (χ3n) is 4.16. The molecule has 1 atom stereocenters. The highest BCUT2D eigenvalue weighted by atomic mass is 16.1. The van der Waals surface area contributed by atoms with Crippen LogP contribution in [-0.4, -0.2) is 36.6 Å². The molecule has 0 bridgehead atoms. The van der Waals surface area contributed by atoms with Crippen molar-refractivity contribution in [2.24, 2.45) is 11.7 Å². The van der Waals surface area contributed by atoms with Crippen molar-refractivity contribution in [3.63, 3.8) is 0 Å². The molecule has 1 amide bonds. The van der Waals surface area contributed by atoms with Gasteiger partial charge in [0, 0.05) is 31.9 Å². The zero-order valence-electron chi connectivity index (χ0n) is 11.7. The summed E-state index contributed by atoms with van der Waals surface area (Å²) in [6.07, 6.45) is 6.49. The summed E-state index contributed by atoms with van der Waals surface area (Å²) < 4.78 is 0. The zero-order valence-corrected chi connectivity index (χ0v) is 11.7. The van der Waals surface area contributed by atoms with E-state index < -0.39 is 0 Å². The Hall–Kier alpha value is -1.62. The van der Waals surface area contributed by atoms with Crippen LogP contribution in [0.1, 0.15) is 36.0 Å². The molecule has 3 rings (SSSR count). The second-order valence-corrected chi connectivity index (χ2v) is 5.78. The largest absolute Gasteiger partial charge is 0.356 e. The van der Waals surface area contributed by atoms with E-state index in [1.165, 1.54) is 25.7 Å². The molecule has 0 aromatic carbocycles. The standard InChI is InChI=1S/C15H22N4O/c16-13(11-5-6-11)10-18-15(20)12-4-3-7-17-14(12)19-8-1-2-9-19/h3-4,7,11,13H,1-2,5-6,8-10,16H2,(H,18,20). The maximum Gasteiger partial charge on any atom is 0.255 e. The summed E-state index contributed by atoms with van der Waals surface area (Å²) in [7, 11) is 0. The maximum atomic E-state index is 12.3. The third kappa shape index (κ3) is 2.93. The second-order valence-electron chi connectivity index (χ2n) is 5.78. The summed E-state index contributed by atoms with van der Waals surface area (Å²) in [6.45, 7) is 2.52. The van der Waals surface area contributed by atoms with Crippen molar-refractivity contribution < 1.29 is 4.79 Å². The van der Waals surface area contributed by atoms with E-state index in [9.17, 15) is 4.79 Å². The topological polar surface area (TPSA) is 71.2 Å². The van der Waals surface area contributed by atoms with Crippen molar-refractivity contribution in [3.8, 4) is 0 Å². The number of aromatic nitrogens is 1. The summed E-state index contributed by atoms with van der Waals surface area (Å²) in [6, 6.07) is 3.75. The van der Waals surface area contributed by atoms with Gasteiger partial charge in [0.25, 0.3) is 5.91 Å². The molecule has 2 aliphatic rings. The lowest BCUT2D eigenvalue weighted by Crippen LogP contribution is -2.39. The fourth-order valence-electron chi connectivity index (χ4n) is 2.75. The van der Waals surface area contributed by atoms with Gasteiger partial charge in [-0.25, -0.2) is 4.98 Å². The normalized spacial score (nSPS) is 19.9. The lowest BCUT2D eigenvalue weighted by Gasteiger charge is -2.20. The number of rotatable bonds is 5. The fraction of sp³-hybridized carbons (Fsp3) is 0.600. The first kappa shape index (κ1) is 13.4. The molecule has 1 aliphatic heterocycles. The van der Waals surface area contributed by atoms with Crippen LogP contribution in [0.4, 0.5) is 5.82 Å². The molecule has 0 radical (unpaired) electrons. The number of hydrogen-bond donors (Lipinski definition) is 2. The molecule has 1 unspecified atom stereocenters. The average molecular weight is 274 g/mol. The van der Waals surface area contributed by atoms with E-state index in [-0.39, 0.29) is 11.9 Å². The quantitative estimate of drug-likeness (QED) is 0.845. The smallest absolute Gasteiger partial charge is 0.255 e. The number of nitrogens with two attached hydrogens (primary N) is 1. The van der Waals surface area contributed by atoms with Gasteiger partial charge in [0.05, 0.1) is 5.56 Å². The lowest BCUT2D eigenvalue weighted by atomic mass is 10.2. The van der Waals surface area contributed by atoms with Gasteiger partial charge in [0.15, 0.2) is 0 Å². The molecule has 2 fully saturated rings. The Labute approximate surface area is 119 Å². The minimum absolute atomic E-state index is 0.0592. The molecule has 3 N–H and O–H groups in total. The van der Waals surface area contributed by atoms with Gasteiger partial charge >= 0.3 is 0 Å². The summed E-state index contributed by atoms with van der Waals surface area (Å²) in [5, 5.41) is 2.95. The molecule has 1 saturated carbocycles. The molecular weight excluding hydrogens is 252 g/mol. The van der Waals surface area contributed by atoms with E-state index in [0.717, 1.165) is 18.9 Å². The van der Waals surface area contributed by atoms with Crippen LogP contribution >= 0.6 is 0 Å². The van der Waals surface area contributed by atoms with Crippen LogP contribution in [-0.2, 0) is 0 Å². The number of nitrogens with zero attached hydrogens (tertiary/aromatic N) is 2. The minimum Gasteiger partial charge on any atom is -0.356 e. The van der Waals surface area contributed by atoms with Crippen LogP contribution < -0.4 is 16.0 Å². The minimum atomic E-state index is -0.0592. The SMILES string of the molecule is NC(CNC(=O)c1cccnc1N1CCCC1)C1CC1. The van der Waals surface area contributed by atoms with Gasteiger partial charge in [0.1, 0.15) is 5.82 Å². The molecule has 108 valence electrons. The number of pyridine rings is 1. The van der Waals surface area contributed by atoms with Crippen molar-refractivity contribution in [3.05, 3.63) is 23.9 Å². The van der Waals surface area contributed by atoms with Crippen LogP contribution in [0.5, 0.6) is 0 Å². The van der Waals surface area contributed by atoms with E-state index >= 15 is 0 Å². The van der Waals surface area contributed by atoms with Gasteiger partial charge < -0.3 is 16.0 Å². The van der Waals surface area contributed by atoms with E-state index in [1.54, 1.807) is 6.20 Å². The summed E-state index contributed by atoms with van der Waals surface area (Å²) >= 11 is 0. The number of hydrogen-bond acceptors (Lipinski definition) is 4. The molecule has 0 spiro atoms. The number of carbonyl (C=O) groups excluding carboxylic acids is 1. The molecule has 2 heterocycles. The Balaban J connectivity index is 1.66. The number of carbonyl (C=O) groups is 1. The Bertz CT molecular complexity index is 481. The molecule has 1 aromatic rings. The fourth-order valence-corrected chi connectivity index (χ4v) is 2.75. The lowest BCUT2D eigenvalue weighted by molar-refractivity contribution is 0.0950. The Morgan fingerprint density at radius 2 is 2.20 bits per heavy atom. The van der Waals surface area contributed by atoms with Crippen LogP contribution in [0.15, 0.2) is 18.3 Å². The Kier molecular flexibility index (Phi) is 3.87. The van der Waals surface area contributed by atoms with Crippen LogP contribution in [0.3, 0.4) is 0 Å². The van der Waals surface area contributed by atoms with Gasteiger partial charge in [-0.3, -0.25) is 4.79 Å². The first-order valence-electron chi connectivity index (χ1n) is 7.49. The zero-order chi connectivity index (χ0) is 13.9. The van der Waals surface area contributed by atoms with Crippen molar-refractivity contribution in [1.82, 2.24) is 10.3 Å². The maximum absolute atomic E-state index is 12.3. The van der Waals surface area contributed by atoms with E-state index in [0.29, 0.717) is 18.0 Å². The summed E-state index contributed by atoms with van der Waals surface area (Å²) in [5.74, 6) is 1.35. The predicted octanol–water partition coefficient (Wildman–Crippen LogP) is 1.15. The van der Waals surface area contributed by atoms with Crippen LogP contribution in [0.2, 0.25) is 0 Å². The molecule has 1 saturated heterocycles. The highest BCUT2D eigenvalue weighted by Gasteiger charge is 2.29. The van der Waals surface area contributed by atoms with E-state index in [2.05, 4.69) is 15.2 Å². The molecular formula is C15H22N4O. The monoisotopic (exact) mass is 274 g/mol. The van der Waals surface area contributed by atoms with Crippen molar-refractivity contribution in [2.75, 3.05) is 24.5 Å². The molecule has 5 heteroatoms. The average Bonchev–Trinajstić information content (AvgIpc) is 3.19. The number of amides is 1. The van der Waals surface area contributed by atoms with Crippen LogP contribution in [0, 0.1) is 5.92 Å². The summed E-state index contributed by atoms with van der Waals surface area (Å²) in [4.78, 5) is 18.9. The number of nitrogens with one attached hydrogen (secondary N) is 1. The molecule has 20 heavy (non-hydrogen) atoms. The highest BCUT2D eigenvalue weighted by molar-refractivity contribution is 5.98. The first-order chi connectivity index (χ1) is 9.75. The van der Waals surface area contributed by atoms with Crippen molar-refractivity contribution in [1.29, 1.82) is 0 Å². The van der Waals surface area contributed by atoms with E-state index in [1.807, 2.05) is 12.1 Å². The van der Waals surface area contributed by atoms with Gasteiger partial charge in [-0.05, 0) is 43.7 Å². The van der Waals surface area contributed by atoms with Crippen LogP contribution in [0.25, 0.3) is 0 Å². The number of anilines is 1. The van der Waals surface area contributed by atoms with Gasteiger partial charge in [-0.2, -0.15) is 0 Å². The van der Waals surface area contributed by atoms with Gasteiger partial charge in [-0.1, -0.05) is 0 Å². The van der Waals surface area contributed by atoms with Gasteiger partial charge in [0.2, 0.25) is 0 Å². The van der Waals surface area contributed by atoms with Crippen molar-refractivity contribution >= 4 is 11.7 Å². The Morgan fingerprint density at radius 1 is 1.45 bits per heavy atom. The second kappa shape index (κ2) is 5.79. The van der Waals surface area contributed by atoms with Crippen molar-refractivity contribution in [2.45, 2.75) is 31.7 Å².